The molecule has 0 fully saturated rings. The Morgan fingerprint density at radius 2 is 1.81 bits per heavy atom. The summed E-state index contributed by atoms with van der Waals surface area (Å²) in [6.07, 6.45) is 0.873. The lowest BCUT2D eigenvalue weighted by Crippen LogP contribution is -2.48. The third-order valence-electron chi connectivity index (χ3n) is 5.69. The number of aromatic amines is 1. The number of nitrogens with zero attached hydrogens (tertiary/aromatic N) is 2. The van der Waals surface area contributed by atoms with Gasteiger partial charge in [0, 0.05) is 11.8 Å². The number of carbonyl (C=O) groups excluding carboxylic acids is 1. The highest BCUT2D eigenvalue weighted by Crippen LogP contribution is 2.32. The van der Waals surface area contributed by atoms with Crippen LogP contribution in [-0.2, 0) is 21.2 Å². The minimum absolute atomic E-state index is 0.0447. The van der Waals surface area contributed by atoms with Crippen molar-refractivity contribution in [3.8, 4) is 17.6 Å². The van der Waals surface area contributed by atoms with Crippen LogP contribution in [0.25, 0.3) is 10.9 Å². The van der Waals surface area contributed by atoms with E-state index in [4.69, 9.17) is 10.5 Å². The fourth-order valence-corrected chi connectivity index (χ4v) is 5.21. The Hall–Kier alpha value is -4.13. The fourth-order valence-electron chi connectivity index (χ4n) is 3.78. The Kier molecular flexibility index (Phi) is 7.92. The number of nitrogens with two attached hydrogens (primary N) is 1. The Balaban J connectivity index is 1.78. The van der Waals surface area contributed by atoms with E-state index in [1.807, 2.05) is 44.2 Å². The van der Waals surface area contributed by atoms with Crippen molar-refractivity contribution in [2.75, 3.05) is 10.9 Å². The molecule has 190 valence electrons. The van der Waals surface area contributed by atoms with Crippen molar-refractivity contribution in [1.29, 1.82) is 0 Å². The maximum Gasteiger partial charge on any atom is 0.272 e. The molecule has 0 unspecified atom stereocenters. The van der Waals surface area contributed by atoms with Crippen molar-refractivity contribution in [1.82, 2.24) is 10.2 Å². The monoisotopic (exact) mass is 516 g/mol. The van der Waals surface area contributed by atoms with Gasteiger partial charge in [-0.25, -0.2) is 8.42 Å². The van der Waals surface area contributed by atoms with E-state index in [-0.39, 0.29) is 23.7 Å². The molecule has 0 spiro atoms. The van der Waals surface area contributed by atoms with Gasteiger partial charge in [-0.05, 0) is 49.2 Å². The van der Waals surface area contributed by atoms with E-state index >= 15 is 0 Å². The molecule has 0 aliphatic rings. The van der Waals surface area contributed by atoms with Crippen LogP contribution in [-0.4, -0.2) is 37.2 Å². The molecular formula is C28H28N4O4S. The number of amides is 1. The Labute approximate surface area is 216 Å². The van der Waals surface area contributed by atoms with E-state index in [0.717, 1.165) is 11.1 Å². The summed E-state index contributed by atoms with van der Waals surface area (Å²) in [5.74, 6) is 5.43. The summed E-state index contributed by atoms with van der Waals surface area (Å²) < 4.78 is 34.1. The van der Waals surface area contributed by atoms with Gasteiger partial charge in [0.05, 0.1) is 16.5 Å². The third-order valence-corrected chi connectivity index (χ3v) is 7.40. The van der Waals surface area contributed by atoms with Gasteiger partial charge >= 0.3 is 0 Å². The number of hydrogen-bond acceptors (Lipinski definition) is 6. The molecule has 8 nitrogen and oxygen atoms in total. The molecule has 3 N–H and O–H groups in total. The molecule has 1 atom stereocenters. The highest BCUT2D eigenvalue weighted by atomic mass is 32.2. The molecule has 1 heterocycles. The maximum atomic E-state index is 13.9. The molecule has 0 bridgehead atoms. The summed E-state index contributed by atoms with van der Waals surface area (Å²) in [5, 5.41) is 7.44. The van der Waals surface area contributed by atoms with Gasteiger partial charge in [-0.1, -0.05) is 60.9 Å². The first-order valence-electron chi connectivity index (χ1n) is 11.8. The molecule has 0 saturated heterocycles. The number of hydrogen-bond donors (Lipinski definition) is 2. The second-order valence-corrected chi connectivity index (χ2v) is 10.3. The van der Waals surface area contributed by atoms with Crippen molar-refractivity contribution in [2.24, 2.45) is 5.73 Å². The van der Waals surface area contributed by atoms with Crippen molar-refractivity contribution in [3.63, 3.8) is 0 Å². The second kappa shape index (κ2) is 11.3. The number of fused-ring (bicyclic) bond motifs is 1. The van der Waals surface area contributed by atoms with Crippen LogP contribution in [0.4, 0.5) is 5.82 Å². The number of nitrogens with one attached hydrogen (secondary N) is 1. The lowest BCUT2D eigenvalue weighted by molar-refractivity contribution is -0.118. The zero-order chi connectivity index (χ0) is 26.4. The molecule has 9 heteroatoms. The number of anilines is 1. The molecule has 1 amide bonds. The molecule has 4 rings (SSSR count). The number of rotatable bonds is 8. The quantitative estimate of drug-likeness (QED) is 0.342. The first kappa shape index (κ1) is 25.9. The predicted molar refractivity (Wildman–Crippen MR) is 144 cm³/mol. The first-order chi connectivity index (χ1) is 17.8. The van der Waals surface area contributed by atoms with E-state index in [0.29, 0.717) is 27.4 Å². The maximum absolute atomic E-state index is 13.9. The second-order valence-electron chi connectivity index (χ2n) is 8.47. The van der Waals surface area contributed by atoms with Crippen molar-refractivity contribution >= 4 is 32.7 Å². The van der Waals surface area contributed by atoms with Crippen molar-refractivity contribution < 1.29 is 17.9 Å². The van der Waals surface area contributed by atoms with Crippen LogP contribution in [0.3, 0.4) is 0 Å². The number of benzene rings is 3. The van der Waals surface area contributed by atoms with E-state index in [1.165, 1.54) is 12.1 Å². The van der Waals surface area contributed by atoms with E-state index < -0.39 is 22.0 Å². The van der Waals surface area contributed by atoms with E-state index in [2.05, 4.69) is 22.0 Å². The van der Waals surface area contributed by atoms with Gasteiger partial charge in [0.15, 0.2) is 5.82 Å². The minimum Gasteiger partial charge on any atom is -0.481 e. The number of carbonyl (C=O) groups is 1. The van der Waals surface area contributed by atoms with Crippen molar-refractivity contribution in [2.45, 2.75) is 37.6 Å². The van der Waals surface area contributed by atoms with Crippen LogP contribution in [0.15, 0.2) is 77.7 Å². The van der Waals surface area contributed by atoms with Gasteiger partial charge in [0.25, 0.3) is 15.9 Å². The van der Waals surface area contributed by atoms with Crippen LogP contribution < -0.4 is 14.8 Å². The van der Waals surface area contributed by atoms with Gasteiger partial charge in [-0.2, -0.15) is 9.40 Å². The lowest BCUT2D eigenvalue weighted by atomic mass is 10.1. The molecule has 3 aromatic carbocycles. The van der Waals surface area contributed by atoms with Crippen LogP contribution in [0, 0.1) is 18.8 Å². The molecule has 37 heavy (non-hydrogen) atoms. The lowest BCUT2D eigenvalue weighted by Gasteiger charge is -2.24. The minimum atomic E-state index is -4.35. The van der Waals surface area contributed by atoms with Gasteiger partial charge in [0.1, 0.15) is 12.4 Å². The predicted octanol–water partition coefficient (Wildman–Crippen LogP) is 3.96. The standard InChI is InChI=1S/C28H28N4O4S/c1-3-4-8-17-36-22-13-16-26-24(19-22)27(31-30-26)32(37(34,35)23-14-11-20(2)12-15-23)28(33)25(29)18-21-9-6-5-7-10-21/h5-7,9-16,19,25H,3,17-18,29H2,1-2H3,(H,30,31)/t25-/m0/s1. The van der Waals surface area contributed by atoms with Gasteiger partial charge in [0.2, 0.25) is 0 Å². The molecule has 0 saturated carbocycles. The Bertz CT molecular complexity index is 1550. The van der Waals surface area contributed by atoms with Crippen LogP contribution in [0.2, 0.25) is 0 Å². The van der Waals surface area contributed by atoms with Gasteiger partial charge < -0.3 is 10.5 Å². The number of H-pyrrole nitrogens is 1. The normalized spacial score (nSPS) is 12.0. The summed E-state index contributed by atoms with van der Waals surface area (Å²) in [7, 11) is -4.35. The summed E-state index contributed by atoms with van der Waals surface area (Å²) in [5.41, 5.74) is 8.52. The molecular weight excluding hydrogens is 488 g/mol. The SMILES string of the molecule is CCC#CCOc1ccc2[nH]nc(N(C(=O)[C@@H](N)Cc3ccccc3)S(=O)(=O)c3ccc(C)cc3)c2c1. The zero-order valence-electron chi connectivity index (χ0n) is 20.6. The number of aromatic nitrogens is 2. The Morgan fingerprint density at radius 1 is 1.08 bits per heavy atom. The highest BCUT2D eigenvalue weighted by Gasteiger charge is 2.37. The summed E-state index contributed by atoms with van der Waals surface area (Å²) in [4.78, 5) is 13.7. The average molecular weight is 517 g/mol. The molecule has 0 radical (unpaired) electrons. The molecule has 1 aromatic heterocycles. The Morgan fingerprint density at radius 3 is 2.51 bits per heavy atom. The van der Waals surface area contributed by atoms with Gasteiger partial charge in [-0.3, -0.25) is 9.89 Å². The van der Waals surface area contributed by atoms with Crippen LogP contribution in [0.1, 0.15) is 24.5 Å². The van der Waals surface area contributed by atoms with Crippen LogP contribution in [0.5, 0.6) is 5.75 Å². The molecule has 0 aliphatic carbocycles. The van der Waals surface area contributed by atoms with Crippen LogP contribution >= 0.6 is 0 Å². The highest BCUT2D eigenvalue weighted by molar-refractivity contribution is 7.93. The number of ether oxygens (including phenoxy) is 1. The van der Waals surface area contributed by atoms with Crippen molar-refractivity contribution in [3.05, 3.63) is 83.9 Å². The molecule has 0 aliphatic heterocycles. The zero-order valence-corrected chi connectivity index (χ0v) is 21.5. The smallest absolute Gasteiger partial charge is 0.272 e. The number of aryl methyl sites for hydroxylation is 1. The fraction of sp³-hybridized carbons (Fsp3) is 0.214. The summed E-state index contributed by atoms with van der Waals surface area (Å²) in [6, 6.07) is 19.4. The topological polar surface area (TPSA) is 118 Å². The third kappa shape index (κ3) is 5.82. The summed E-state index contributed by atoms with van der Waals surface area (Å²) >= 11 is 0. The van der Waals surface area contributed by atoms with Gasteiger partial charge in [-0.15, -0.1) is 5.92 Å². The molecule has 4 aromatic rings. The van der Waals surface area contributed by atoms with E-state index in [1.54, 1.807) is 30.3 Å². The largest absolute Gasteiger partial charge is 0.481 e. The average Bonchev–Trinajstić information content (AvgIpc) is 3.30. The number of sulfonamides is 1. The van der Waals surface area contributed by atoms with E-state index in [9.17, 15) is 13.2 Å². The first-order valence-corrected chi connectivity index (χ1v) is 13.3. The summed E-state index contributed by atoms with van der Waals surface area (Å²) in [6.45, 7) is 3.97.